The number of esters is 1. The van der Waals surface area contributed by atoms with Crippen molar-refractivity contribution in [1.82, 2.24) is 0 Å². The first-order valence-corrected chi connectivity index (χ1v) is 11.3. The highest BCUT2D eigenvalue weighted by Crippen LogP contribution is 2.15. The molecule has 3 heteroatoms. The van der Waals surface area contributed by atoms with E-state index in [-0.39, 0.29) is 12.1 Å². The molecule has 0 spiro atoms. The standard InChI is InChI=1S/C23H48NO2/c1-6-7-8-9-10-11-12-13-14-15-16-17-18-19-20-23(26-22(2)25)21-24(3,4)5/h23H,6-21H2,1-5H3/q+1. The predicted molar refractivity (Wildman–Crippen MR) is 113 cm³/mol. The molecule has 0 aromatic heterocycles. The largest absolute Gasteiger partial charge is 0.457 e. The summed E-state index contributed by atoms with van der Waals surface area (Å²) >= 11 is 0. The van der Waals surface area contributed by atoms with Gasteiger partial charge in [0, 0.05) is 6.92 Å². The second-order valence-electron chi connectivity index (χ2n) is 9.09. The van der Waals surface area contributed by atoms with Gasteiger partial charge >= 0.3 is 5.97 Å². The lowest BCUT2D eigenvalue weighted by atomic mass is 10.0. The van der Waals surface area contributed by atoms with Gasteiger partial charge in [-0.3, -0.25) is 4.79 Å². The Morgan fingerprint density at radius 3 is 1.46 bits per heavy atom. The third-order valence-electron chi connectivity index (χ3n) is 4.96. The summed E-state index contributed by atoms with van der Waals surface area (Å²) in [7, 11) is 6.46. The maximum atomic E-state index is 11.3. The zero-order valence-electron chi connectivity index (χ0n) is 18.7. The van der Waals surface area contributed by atoms with Gasteiger partial charge in [-0.1, -0.05) is 90.4 Å². The molecule has 0 aliphatic rings. The Morgan fingerprint density at radius 1 is 0.731 bits per heavy atom. The molecule has 0 amide bonds. The number of carbonyl (C=O) groups excluding carboxylic acids is 1. The highest BCUT2D eigenvalue weighted by Gasteiger charge is 2.20. The molecular weight excluding hydrogens is 322 g/mol. The van der Waals surface area contributed by atoms with Crippen molar-refractivity contribution in [2.45, 2.75) is 116 Å². The van der Waals surface area contributed by atoms with Crippen molar-refractivity contribution in [2.24, 2.45) is 0 Å². The fraction of sp³-hybridized carbons (Fsp3) is 0.957. The minimum Gasteiger partial charge on any atom is -0.457 e. The third-order valence-corrected chi connectivity index (χ3v) is 4.96. The molecule has 3 nitrogen and oxygen atoms in total. The number of ether oxygens (including phenoxy) is 1. The molecule has 0 bridgehead atoms. The normalized spacial score (nSPS) is 13.0. The van der Waals surface area contributed by atoms with E-state index in [4.69, 9.17) is 4.74 Å². The number of quaternary nitrogens is 1. The van der Waals surface area contributed by atoms with Crippen LogP contribution in [0.25, 0.3) is 0 Å². The van der Waals surface area contributed by atoms with E-state index in [1.54, 1.807) is 0 Å². The molecule has 0 saturated carbocycles. The third kappa shape index (κ3) is 19.8. The minimum atomic E-state index is -0.145. The molecule has 1 atom stereocenters. The summed E-state index contributed by atoms with van der Waals surface area (Å²) in [6, 6.07) is 0. The van der Waals surface area contributed by atoms with Gasteiger partial charge in [0.25, 0.3) is 0 Å². The Balaban J connectivity index is 3.46. The van der Waals surface area contributed by atoms with Gasteiger partial charge < -0.3 is 9.22 Å². The van der Waals surface area contributed by atoms with Crippen LogP contribution in [0, 0.1) is 0 Å². The number of hydrogen-bond donors (Lipinski definition) is 0. The summed E-state index contributed by atoms with van der Waals surface area (Å²) in [6.07, 6.45) is 20.4. The lowest BCUT2D eigenvalue weighted by Crippen LogP contribution is -2.42. The number of nitrogens with zero attached hydrogens (tertiary/aromatic N) is 1. The molecule has 0 heterocycles. The summed E-state index contributed by atoms with van der Waals surface area (Å²) in [5.74, 6) is -0.145. The molecule has 1 unspecified atom stereocenters. The van der Waals surface area contributed by atoms with E-state index in [9.17, 15) is 4.79 Å². The Bertz CT molecular complexity index is 323. The Hall–Kier alpha value is -0.570. The molecule has 0 aromatic carbocycles. The van der Waals surface area contributed by atoms with Gasteiger partial charge in [0.1, 0.15) is 6.54 Å². The summed E-state index contributed by atoms with van der Waals surface area (Å²) in [5, 5.41) is 0. The zero-order valence-corrected chi connectivity index (χ0v) is 18.7. The molecular formula is C23H48NO2+. The van der Waals surface area contributed by atoms with Gasteiger partial charge in [-0.05, 0) is 12.8 Å². The number of carbonyl (C=O) groups is 1. The average Bonchev–Trinajstić information content (AvgIpc) is 2.53. The fourth-order valence-electron chi connectivity index (χ4n) is 3.60. The molecule has 0 aliphatic carbocycles. The van der Waals surface area contributed by atoms with Crippen molar-refractivity contribution in [3.63, 3.8) is 0 Å². The summed E-state index contributed by atoms with van der Waals surface area (Å²) in [6.45, 7) is 4.70. The SMILES string of the molecule is CCCCCCCCCCCCCCCCC(C[N+](C)(C)C)OC(C)=O. The van der Waals surface area contributed by atoms with Crippen molar-refractivity contribution in [2.75, 3.05) is 27.7 Å². The lowest BCUT2D eigenvalue weighted by molar-refractivity contribution is -0.873. The zero-order chi connectivity index (χ0) is 19.7. The van der Waals surface area contributed by atoms with Crippen molar-refractivity contribution in [3.05, 3.63) is 0 Å². The maximum absolute atomic E-state index is 11.3. The van der Waals surface area contributed by atoms with E-state index in [2.05, 4.69) is 28.1 Å². The summed E-state index contributed by atoms with van der Waals surface area (Å²) in [4.78, 5) is 11.3. The topological polar surface area (TPSA) is 26.3 Å². The van der Waals surface area contributed by atoms with E-state index >= 15 is 0 Å². The molecule has 0 fully saturated rings. The number of rotatable bonds is 18. The van der Waals surface area contributed by atoms with Gasteiger partial charge in [-0.2, -0.15) is 0 Å². The Kier molecular flexibility index (Phi) is 16.2. The van der Waals surface area contributed by atoms with Crippen molar-refractivity contribution < 1.29 is 14.0 Å². The van der Waals surface area contributed by atoms with Crippen LogP contribution in [-0.4, -0.2) is 44.2 Å². The van der Waals surface area contributed by atoms with Gasteiger partial charge in [0.05, 0.1) is 21.1 Å². The van der Waals surface area contributed by atoms with Crippen LogP contribution in [0.1, 0.15) is 110 Å². The predicted octanol–water partition coefficient (Wildman–Crippen LogP) is 6.50. The summed E-state index contributed by atoms with van der Waals surface area (Å²) in [5.41, 5.74) is 0. The lowest BCUT2D eigenvalue weighted by Gasteiger charge is -2.28. The summed E-state index contributed by atoms with van der Waals surface area (Å²) < 4.78 is 6.33. The monoisotopic (exact) mass is 370 g/mol. The Labute approximate surface area is 164 Å². The van der Waals surface area contributed by atoms with Crippen molar-refractivity contribution in [1.29, 1.82) is 0 Å². The van der Waals surface area contributed by atoms with Crippen LogP contribution in [0.3, 0.4) is 0 Å². The van der Waals surface area contributed by atoms with E-state index < -0.39 is 0 Å². The Morgan fingerprint density at radius 2 is 1.12 bits per heavy atom. The smallest absolute Gasteiger partial charge is 0.303 e. The van der Waals surface area contributed by atoms with Crippen LogP contribution in [0.4, 0.5) is 0 Å². The minimum absolute atomic E-state index is 0.0739. The van der Waals surface area contributed by atoms with E-state index in [0.717, 1.165) is 17.4 Å². The van der Waals surface area contributed by atoms with E-state index in [1.807, 2.05) is 0 Å². The van der Waals surface area contributed by atoms with Crippen LogP contribution in [0.2, 0.25) is 0 Å². The van der Waals surface area contributed by atoms with Gasteiger partial charge in [0.2, 0.25) is 0 Å². The molecule has 0 aliphatic heterocycles. The highest BCUT2D eigenvalue weighted by molar-refractivity contribution is 5.66. The van der Waals surface area contributed by atoms with Crippen LogP contribution in [0.5, 0.6) is 0 Å². The van der Waals surface area contributed by atoms with Crippen LogP contribution in [-0.2, 0) is 9.53 Å². The van der Waals surface area contributed by atoms with Gasteiger partial charge in [-0.15, -0.1) is 0 Å². The van der Waals surface area contributed by atoms with Crippen LogP contribution in [0.15, 0.2) is 0 Å². The van der Waals surface area contributed by atoms with Gasteiger partial charge in [0.15, 0.2) is 6.10 Å². The molecule has 0 radical (unpaired) electrons. The first-order valence-electron chi connectivity index (χ1n) is 11.3. The molecule has 0 aromatic rings. The van der Waals surface area contributed by atoms with Crippen LogP contribution < -0.4 is 0 Å². The molecule has 26 heavy (non-hydrogen) atoms. The van der Waals surface area contributed by atoms with Gasteiger partial charge in [-0.25, -0.2) is 0 Å². The maximum Gasteiger partial charge on any atom is 0.303 e. The first kappa shape index (κ1) is 25.4. The molecule has 156 valence electrons. The second-order valence-corrected chi connectivity index (χ2v) is 9.09. The number of likely N-dealkylation sites (N-methyl/N-ethyl adjacent to an activating group) is 1. The average molecular weight is 371 g/mol. The molecule has 0 N–H and O–H groups in total. The highest BCUT2D eigenvalue weighted by atomic mass is 16.5. The van der Waals surface area contributed by atoms with Crippen molar-refractivity contribution >= 4 is 5.97 Å². The first-order chi connectivity index (χ1) is 12.3. The molecule has 0 rings (SSSR count). The quantitative estimate of drug-likeness (QED) is 0.156. The molecule has 0 saturated heterocycles. The fourth-order valence-corrected chi connectivity index (χ4v) is 3.60. The number of hydrogen-bond acceptors (Lipinski definition) is 2. The van der Waals surface area contributed by atoms with Crippen molar-refractivity contribution in [3.8, 4) is 0 Å². The van der Waals surface area contributed by atoms with Crippen LogP contribution >= 0.6 is 0 Å². The van der Waals surface area contributed by atoms with E-state index in [1.165, 1.54) is 96.8 Å². The van der Waals surface area contributed by atoms with E-state index in [0.29, 0.717) is 0 Å². The second kappa shape index (κ2) is 16.6. The number of unbranched alkanes of at least 4 members (excludes halogenated alkanes) is 13.